The van der Waals surface area contributed by atoms with Crippen molar-refractivity contribution in [1.82, 2.24) is 25.8 Å². The molecule has 11 heteroatoms. The second-order valence-corrected chi connectivity index (χ2v) is 8.05. The molecule has 0 bridgehead atoms. The van der Waals surface area contributed by atoms with Crippen LogP contribution in [0.4, 0.5) is 0 Å². The van der Waals surface area contributed by atoms with Gasteiger partial charge in [-0.3, -0.25) is 24.2 Å². The second kappa shape index (κ2) is 19.1. The van der Waals surface area contributed by atoms with E-state index in [0.29, 0.717) is 0 Å². The van der Waals surface area contributed by atoms with E-state index >= 15 is 0 Å². The molecule has 0 radical (unpaired) electrons. The molecule has 3 rings (SSSR count). The Morgan fingerprint density at radius 1 is 0.875 bits per heavy atom. The lowest BCUT2D eigenvalue weighted by molar-refractivity contribution is -0.141. The lowest BCUT2D eigenvalue weighted by Crippen LogP contribution is -2.41. The fraction of sp³-hybridized carbons (Fsp3) is 0.857. The maximum absolute atomic E-state index is 11.3. The van der Waals surface area contributed by atoms with E-state index in [-0.39, 0.29) is 29.9 Å². The first-order chi connectivity index (χ1) is 15.3. The lowest BCUT2D eigenvalue weighted by atomic mass is 10.2. The van der Waals surface area contributed by atoms with Crippen molar-refractivity contribution < 1.29 is 19.5 Å². The van der Waals surface area contributed by atoms with Crippen molar-refractivity contribution in [2.24, 2.45) is 0 Å². The van der Waals surface area contributed by atoms with Crippen molar-refractivity contribution >= 4 is 55.0 Å². The van der Waals surface area contributed by atoms with Crippen molar-refractivity contribution in [3.05, 3.63) is 0 Å². The summed E-state index contributed by atoms with van der Waals surface area (Å²) in [7, 11) is 3.86. The molecule has 32 heavy (non-hydrogen) atoms. The number of likely N-dealkylation sites (tertiary alicyclic amines) is 2. The van der Waals surface area contributed by atoms with Crippen LogP contribution in [0.3, 0.4) is 0 Å². The molecule has 188 valence electrons. The monoisotopic (exact) mass is 681 g/mol. The number of halogens is 2. The summed E-state index contributed by atoms with van der Waals surface area (Å²) in [5.41, 5.74) is 0. The third kappa shape index (κ3) is 12.3. The van der Waals surface area contributed by atoms with Crippen LogP contribution in [-0.4, -0.2) is 97.6 Å². The first-order valence-corrected chi connectivity index (χ1v) is 17.7. The second-order valence-electron chi connectivity index (χ2n) is 8.05. The number of carboxylic acids is 1. The van der Waals surface area contributed by atoms with E-state index in [0.717, 1.165) is 71.2 Å². The van der Waals surface area contributed by atoms with Crippen LogP contribution in [-0.2, 0) is 14.4 Å². The van der Waals surface area contributed by atoms with Crippen molar-refractivity contribution in [1.29, 1.82) is 0 Å². The van der Waals surface area contributed by atoms with Crippen molar-refractivity contribution in [2.75, 3.05) is 46.8 Å². The molecule has 3 fully saturated rings. The molecule has 0 aromatic rings. The van der Waals surface area contributed by atoms with Gasteiger partial charge in [-0.25, -0.2) is 0 Å². The normalized spacial score (nSPS) is 24.8. The summed E-state index contributed by atoms with van der Waals surface area (Å²) < 4.78 is 0. The van der Waals surface area contributed by atoms with Crippen LogP contribution in [0.1, 0.15) is 52.4 Å². The maximum Gasteiger partial charge on any atom is 0.320 e. The summed E-state index contributed by atoms with van der Waals surface area (Å²) in [6, 6.07) is -0.0000926. The van der Waals surface area contributed by atoms with Gasteiger partial charge in [0.25, 0.3) is 0 Å². The molecule has 0 unspecified atom stereocenters. The number of carbonyl (C=O) groups excluding carboxylic acids is 2. The zero-order valence-corrected chi connectivity index (χ0v) is 24.1. The molecule has 3 atom stereocenters. The Morgan fingerprint density at radius 3 is 1.72 bits per heavy atom. The Bertz CT molecular complexity index is 550. The maximum atomic E-state index is 11.3. The first-order valence-electron chi connectivity index (χ1n) is 11.4. The van der Waals surface area contributed by atoms with Gasteiger partial charge in [-0.2, -0.15) is 0 Å². The summed E-state index contributed by atoms with van der Waals surface area (Å²) in [4.78, 5) is 36.7. The molecule has 2 amide bonds. The molecular formula is C21H41I2N5O4. The van der Waals surface area contributed by atoms with E-state index in [1.165, 1.54) is 0 Å². The zero-order chi connectivity index (χ0) is 24.5. The highest BCUT2D eigenvalue weighted by Gasteiger charge is 2.27. The molecule has 0 spiro atoms. The molecule has 9 nitrogen and oxygen atoms in total. The number of amides is 2. The van der Waals surface area contributed by atoms with Crippen LogP contribution < -0.4 is 16.0 Å². The van der Waals surface area contributed by atoms with E-state index in [9.17, 15) is 14.4 Å². The summed E-state index contributed by atoms with van der Waals surface area (Å²) >= 11 is 4.24. The average Bonchev–Trinajstić information content (AvgIpc) is 3.53. The third-order valence-corrected chi connectivity index (χ3v) is 5.71. The molecule has 0 saturated carbocycles. The Morgan fingerprint density at radius 2 is 1.38 bits per heavy atom. The van der Waals surface area contributed by atoms with Crippen molar-refractivity contribution in [3.8, 4) is 0 Å². The number of hydrogen-bond acceptors (Lipinski definition) is 6. The molecule has 3 heterocycles. The molecule has 0 aliphatic carbocycles. The number of likely N-dealkylation sites (N-methyl/N-ethyl adjacent to an activating group) is 4. The molecule has 3 saturated heterocycles. The highest BCUT2D eigenvalue weighted by molar-refractivity contribution is 15.0. The van der Waals surface area contributed by atoms with Crippen LogP contribution in [0.5, 0.6) is 0 Å². The van der Waals surface area contributed by atoms with Gasteiger partial charge in [0.1, 0.15) is 6.04 Å². The van der Waals surface area contributed by atoms with Gasteiger partial charge in [-0.15, -0.1) is 0 Å². The zero-order valence-electron chi connectivity index (χ0n) is 19.8. The highest BCUT2D eigenvalue weighted by atomic mass is 128. The number of nitrogens with one attached hydrogen (secondary N) is 3. The Hall–Kier alpha value is -0.250. The van der Waals surface area contributed by atoms with Gasteiger partial charge in [0.15, 0.2) is 0 Å². The summed E-state index contributed by atoms with van der Waals surface area (Å²) in [5.74, 6) is -0.345. The minimum absolute atomic E-state index is 0.0833. The van der Waals surface area contributed by atoms with E-state index in [1.807, 2.05) is 32.8 Å². The summed E-state index contributed by atoms with van der Waals surface area (Å²) in [6.45, 7) is 8.33. The number of aliphatic carboxylic acids is 1. The van der Waals surface area contributed by atoms with E-state index < -0.39 is 5.97 Å². The Kier molecular flexibility index (Phi) is 18.9. The summed E-state index contributed by atoms with van der Waals surface area (Å²) in [5, 5.41) is 17.3. The standard InChI is InChI=1S/C8H16N2O.C7H14N2O.C6H11NO2.I2/c1-3-9-8(11)7-5-4-6-10(7)2;1-2-8-7(10)6-4-3-5-9-6;1-7-4-2-3-5(7)6(8)9;1-2/h7H,3-6H2,1-2H3,(H,9,11);6,9H,2-5H2,1H3,(H,8,10);5H,2-4H2,1H3,(H,8,9);/t7-;6-;5-;/m000./s1. The van der Waals surface area contributed by atoms with Gasteiger partial charge >= 0.3 is 5.97 Å². The smallest absolute Gasteiger partial charge is 0.320 e. The van der Waals surface area contributed by atoms with E-state index in [2.05, 4.69) is 58.1 Å². The van der Waals surface area contributed by atoms with Gasteiger partial charge in [-0.1, -0.05) is 0 Å². The number of hydrogen-bond donors (Lipinski definition) is 4. The fourth-order valence-electron chi connectivity index (χ4n) is 3.96. The molecule has 3 aliphatic heterocycles. The first kappa shape index (κ1) is 31.8. The predicted molar refractivity (Wildman–Crippen MR) is 145 cm³/mol. The molecule has 0 aromatic carbocycles. The van der Waals surface area contributed by atoms with Gasteiger partial charge in [0.2, 0.25) is 11.8 Å². The third-order valence-electron chi connectivity index (χ3n) is 5.71. The average molecular weight is 681 g/mol. The van der Waals surface area contributed by atoms with E-state index in [4.69, 9.17) is 5.11 Å². The van der Waals surface area contributed by atoms with Crippen LogP contribution in [0.2, 0.25) is 0 Å². The molecule has 3 aliphatic rings. The summed E-state index contributed by atoms with van der Waals surface area (Å²) in [6.07, 6.45) is 6.12. The Labute approximate surface area is 216 Å². The number of rotatable bonds is 5. The Balaban J connectivity index is 0.000000435. The van der Waals surface area contributed by atoms with Crippen LogP contribution in [0.25, 0.3) is 0 Å². The molecular weight excluding hydrogens is 640 g/mol. The van der Waals surface area contributed by atoms with Gasteiger partial charge in [-0.05, 0) is 86.1 Å². The quantitative estimate of drug-likeness (QED) is 0.329. The minimum Gasteiger partial charge on any atom is -0.480 e. The predicted octanol–water partition coefficient (Wildman–Crippen LogP) is 2.03. The van der Waals surface area contributed by atoms with Crippen molar-refractivity contribution in [2.45, 2.75) is 70.5 Å². The topological polar surface area (TPSA) is 114 Å². The highest BCUT2D eigenvalue weighted by Crippen LogP contribution is 2.14. The number of carbonyl (C=O) groups is 3. The number of carboxylic acid groups (broad SMARTS) is 1. The van der Waals surface area contributed by atoms with E-state index in [1.54, 1.807) is 0 Å². The van der Waals surface area contributed by atoms with Crippen LogP contribution >= 0.6 is 37.2 Å². The fourth-order valence-corrected chi connectivity index (χ4v) is 3.96. The van der Waals surface area contributed by atoms with Gasteiger partial charge in [0, 0.05) is 50.3 Å². The van der Waals surface area contributed by atoms with Gasteiger partial charge < -0.3 is 21.1 Å². The van der Waals surface area contributed by atoms with Crippen LogP contribution in [0, 0.1) is 0 Å². The van der Waals surface area contributed by atoms with Gasteiger partial charge in [0.05, 0.1) is 12.1 Å². The largest absolute Gasteiger partial charge is 0.480 e. The molecule has 0 aromatic heterocycles. The molecule has 4 N–H and O–H groups in total. The lowest BCUT2D eigenvalue weighted by Gasteiger charge is -2.17. The van der Waals surface area contributed by atoms with Crippen molar-refractivity contribution in [3.63, 3.8) is 0 Å². The van der Waals surface area contributed by atoms with Crippen LogP contribution in [0.15, 0.2) is 0 Å². The SMILES string of the molecule is CCNC(=O)[C@@H]1CCCN1.CCNC(=O)[C@@H]1CCCN1C.CN1CCC[C@H]1C(=O)O.II. The number of nitrogens with zero attached hydrogens (tertiary/aromatic N) is 2. The minimum atomic E-state index is -0.685.